The van der Waals surface area contributed by atoms with Crippen LogP contribution in [0.4, 0.5) is 0 Å². The Bertz CT molecular complexity index is 433. The standard InChI is InChI=1S/C9H13N5S/c1-7-3-11-9(15-7)6-10-4-8-5-12-13-14(8)2/h3,5,10H,4,6H2,1-2H3. The fraction of sp³-hybridized carbons (Fsp3) is 0.444. The van der Waals surface area contributed by atoms with Crippen molar-refractivity contribution in [1.29, 1.82) is 0 Å². The molecular formula is C9H13N5S. The molecule has 2 heterocycles. The Hall–Kier alpha value is -1.27. The van der Waals surface area contributed by atoms with Gasteiger partial charge in [0.1, 0.15) is 5.01 Å². The number of hydrogen-bond acceptors (Lipinski definition) is 5. The molecule has 2 rings (SSSR count). The third-order valence-electron chi connectivity index (χ3n) is 2.06. The minimum Gasteiger partial charge on any atom is -0.305 e. The molecule has 5 nitrogen and oxygen atoms in total. The Morgan fingerprint density at radius 1 is 1.40 bits per heavy atom. The molecule has 0 radical (unpaired) electrons. The van der Waals surface area contributed by atoms with Gasteiger partial charge in [0.15, 0.2) is 0 Å². The molecule has 2 aromatic rings. The largest absolute Gasteiger partial charge is 0.305 e. The van der Waals surface area contributed by atoms with Gasteiger partial charge < -0.3 is 5.32 Å². The first-order chi connectivity index (χ1) is 7.25. The van der Waals surface area contributed by atoms with Gasteiger partial charge in [-0.2, -0.15) is 0 Å². The van der Waals surface area contributed by atoms with Gasteiger partial charge in [0.2, 0.25) is 0 Å². The number of aryl methyl sites for hydroxylation is 2. The second kappa shape index (κ2) is 4.50. The lowest BCUT2D eigenvalue weighted by Gasteiger charge is -2.01. The first-order valence-corrected chi connectivity index (χ1v) is 5.53. The average Bonchev–Trinajstić information content (AvgIpc) is 2.77. The summed E-state index contributed by atoms with van der Waals surface area (Å²) in [5.41, 5.74) is 1.07. The lowest BCUT2D eigenvalue weighted by Crippen LogP contribution is -2.15. The van der Waals surface area contributed by atoms with E-state index < -0.39 is 0 Å². The van der Waals surface area contributed by atoms with Crippen molar-refractivity contribution >= 4 is 11.3 Å². The van der Waals surface area contributed by atoms with Crippen molar-refractivity contribution < 1.29 is 0 Å². The normalized spacial score (nSPS) is 10.8. The zero-order valence-electron chi connectivity index (χ0n) is 8.77. The lowest BCUT2D eigenvalue weighted by molar-refractivity contribution is 0.615. The van der Waals surface area contributed by atoms with Gasteiger partial charge in [-0.25, -0.2) is 4.98 Å². The number of thiazole rings is 1. The van der Waals surface area contributed by atoms with E-state index in [-0.39, 0.29) is 0 Å². The number of rotatable bonds is 4. The molecule has 0 unspecified atom stereocenters. The van der Waals surface area contributed by atoms with Gasteiger partial charge in [0.05, 0.1) is 11.9 Å². The minimum absolute atomic E-state index is 0.766. The van der Waals surface area contributed by atoms with Crippen molar-refractivity contribution in [2.24, 2.45) is 7.05 Å². The predicted molar refractivity (Wildman–Crippen MR) is 58.4 cm³/mol. The molecule has 0 saturated heterocycles. The van der Waals surface area contributed by atoms with Gasteiger partial charge in [-0.05, 0) is 6.92 Å². The SMILES string of the molecule is Cc1cnc(CNCc2cnnn2C)s1. The maximum Gasteiger partial charge on any atom is 0.107 e. The second-order valence-corrected chi connectivity index (χ2v) is 4.64. The fourth-order valence-corrected chi connectivity index (χ4v) is 2.01. The summed E-state index contributed by atoms with van der Waals surface area (Å²) in [6.45, 7) is 3.62. The van der Waals surface area contributed by atoms with E-state index in [0.717, 1.165) is 23.8 Å². The monoisotopic (exact) mass is 223 g/mol. The van der Waals surface area contributed by atoms with Gasteiger partial charge in [-0.1, -0.05) is 5.21 Å². The number of nitrogens with zero attached hydrogens (tertiary/aromatic N) is 4. The number of hydrogen-bond donors (Lipinski definition) is 1. The van der Waals surface area contributed by atoms with Crippen LogP contribution >= 0.6 is 11.3 Å². The van der Waals surface area contributed by atoms with Crippen LogP contribution < -0.4 is 5.32 Å². The lowest BCUT2D eigenvalue weighted by atomic mass is 10.4. The third kappa shape index (κ3) is 2.60. The fourth-order valence-electron chi connectivity index (χ4n) is 1.25. The Balaban J connectivity index is 1.83. The van der Waals surface area contributed by atoms with E-state index in [1.807, 2.05) is 13.2 Å². The summed E-state index contributed by atoms with van der Waals surface area (Å²) in [7, 11) is 1.89. The minimum atomic E-state index is 0.766. The van der Waals surface area contributed by atoms with E-state index >= 15 is 0 Å². The van der Waals surface area contributed by atoms with Crippen molar-refractivity contribution in [3.05, 3.63) is 28.0 Å². The predicted octanol–water partition coefficient (Wildman–Crippen LogP) is 0.870. The quantitative estimate of drug-likeness (QED) is 0.835. The first kappa shape index (κ1) is 10.3. The third-order valence-corrected chi connectivity index (χ3v) is 2.97. The van der Waals surface area contributed by atoms with Crippen LogP contribution in [0.2, 0.25) is 0 Å². The average molecular weight is 223 g/mol. The Labute approximate surface area is 92.2 Å². The molecule has 0 aromatic carbocycles. The van der Waals surface area contributed by atoms with Crippen molar-refractivity contribution in [3.63, 3.8) is 0 Å². The van der Waals surface area contributed by atoms with Crippen LogP contribution in [-0.4, -0.2) is 20.0 Å². The molecule has 0 bridgehead atoms. The molecule has 0 aliphatic carbocycles. The van der Waals surface area contributed by atoms with Crippen LogP contribution in [0.1, 0.15) is 15.6 Å². The molecule has 0 amide bonds. The van der Waals surface area contributed by atoms with E-state index in [2.05, 4.69) is 27.5 Å². The Morgan fingerprint density at radius 2 is 2.27 bits per heavy atom. The van der Waals surface area contributed by atoms with Crippen LogP contribution in [0.3, 0.4) is 0 Å². The van der Waals surface area contributed by atoms with Gasteiger partial charge in [0, 0.05) is 31.2 Å². The molecule has 1 N–H and O–H groups in total. The molecule has 0 spiro atoms. The van der Waals surface area contributed by atoms with Crippen LogP contribution in [0.15, 0.2) is 12.4 Å². The number of nitrogens with one attached hydrogen (secondary N) is 1. The van der Waals surface area contributed by atoms with E-state index in [1.165, 1.54) is 4.88 Å². The van der Waals surface area contributed by atoms with Crippen molar-refractivity contribution in [2.75, 3.05) is 0 Å². The molecule has 6 heteroatoms. The van der Waals surface area contributed by atoms with E-state index in [1.54, 1.807) is 22.2 Å². The van der Waals surface area contributed by atoms with Crippen LogP contribution in [0, 0.1) is 6.92 Å². The molecule has 80 valence electrons. The van der Waals surface area contributed by atoms with Gasteiger partial charge >= 0.3 is 0 Å². The molecule has 2 aromatic heterocycles. The maximum atomic E-state index is 4.28. The highest BCUT2D eigenvalue weighted by atomic mass is 32.1. The summed E-state index contributed by atoms with van der Waals surface area (Å²) in [6.07, 6.45) is 3.66. The second-order valence-electron chi connectivity index (χ2n) is 3.32. The van der Waals surface area contributed by atoms with E-state index in [4.69, 9.17) is 0 Å². The molecule has 0 atom stereocenters. The summed E-state index contributed by atoms with van der Waals surface area (Å²) in [6, 6.07) is 0. The molecule has 15 heavy (non-hydrogen) atoms. The summed E-state index contributed by atoms with van der Waals surface area (Å²) >= 11 is 1.72. The van der Waals surface area contributed by atoms with Crippen LogP contribution in [0.25, 0.3) is 0 Å². The number of aromatic nitrogens is 4. The van der Waals surface area contributed by atoms with Gasteiger partial charge in [-0.3, -0.25) is 4.68 Å². The Morgan fingerprint density at radius 3 is 2.87 bits per heavy atom. The zero-order chi connectivity index (χ0) is 10.7. The van der Waals surface area contributed by atoms with Crippen molar-refractivity contribution in [3.8, 4) is 0 Å². The highest BCUT2D eigenvalue weighted by Crippen LogP contribution is 2.10. The smallest absolute Gasteiger partial charge is 0.107 e. The molecule has 0 aliphatic heterocycles. The summed E-state index contributed by atoms with van der Waals surface area (Å²) < 4.78 is 1.76. The zero-order valence-corrected chi connectivity index (χ0v) is 9.58. The molecule has 0 fully saturated rings. The van der Waals surface area contributed by atoms with Gasteiger partial charge in [0.25, 0.3) is 0 Å². The van der Waals surface area contributed by atoms with Gasteiger partial charge in [-0.15, -0.1) is 16.4 Å². The highest BCUT2D eigenvalue weighted by molar-refractivity contribution is 7.11. The van der Waals surface area contributed by atoms with E-state index in [9.17, 15) is 0 Å². The summed E-state index contributed by atoms with van der Waals surface area (Å²) in [5.74, 6) is 0. The summed E-state index contributed by atoms with van der Waals surface area (Å²) in [5, 5.41) is 12.1. The Kier molecular flexibility index (Phi) is 3.08. The van der Waals surface area contributed by atoms with Crippen molar-refractivity contribution in [1.82, 2.24) is 25.3 Å². The first-order valence-electron chi connectivity index (χ1n) is 4.71. The highest BCUT2D eigenvalue weighted by Gasteiger charge is 2.01. The summed E-state index contributed by atoms with van der Waals surface area (Å²) in [4.78, 5) is 5.52. The van der Waals surface area contributed by atoms with Crippen LogP contribution in [0.5, 0.6) is 0 Å². The maximum absolute atomic E-state index is 4.28. The molecular weight excluding hydrogens is 210 g/mol. The topological polar surface area (TPSA) is 55.6 Å². The molecule has 0 aliphatic rings. The van der Waals surface area contributed by atoms with Crippen molar-refractivity contribution in [2.45, 2.75) is 20.0 Å². The van der Waals surface area contributed by atoms with E-state index in [0.29, 0.717) is 0 Å². The van der Waals surface area contributed by atoms with Crippen LogP contribution in [-0.2, 0) is 20.1 Å². The molecule has 0 saturated carbocycles.